The summed E-state index contributed by atoms with van der Waals surface area (Å²) < 4.78 is 5.11. The molecule has 0 radical (unpaired) electrons. The fraction of sp³-hybridized carbons (Fsp3) is 0.733. The van der Waals surface area contributed by atoms with Crippen molar-refractivity contribution < 1.29 is 4.74 Å². The number of ether oxygens (including phenoxy) is 1. The first-order valence-electron chi connectivity index (χ1n) is 7.79. The van der Waals surface area contributed by atoms with Crippen LogP contribution in [0, 0.1) is 17.8 Å². The molecule has 1 aromatic heterocycles. The number of hydrogen-bond donors (Lipinski definition) is 3. The quantitative estimate of drug-likeness (QED) is 0.550. The zero-order valence-electron chi connectivity index (χ0n) is 12.8. The van der Waals surface area contributed by atoms with Gasteiger partial charge in [0.1, 0.15) is 18.2 Å². The van der Waals surface area contributed by atoms with Gasteiger partial charge in [-0.1, -0.05) is 6.42 Å². The Hall–Kier alpha value is -1.40. The molecule has 0 aromatic carbocycles. The fourth-order valence-corrected chi connectivity index (χ4v) is 4.09. The van der Waals surface area contributed by atoms with E-state index in [-0.39, 0.29) is 0 Å². The largest absolute Gasteiger partial charge is 0.377 e. The summed E-state index contributed by atoms with van der Waals surface area (Å²) in [6.45, 7) is 2.64. The lowest BCUT2D eigenvalue weighted by atomic mass is 9.84. The normalized spacial score (nSPS) is 28.6. The van der Waals surface area contributed by atoms with Crippen molar-refractivity contribution in [2.45, 2.75) is 45.3 Å². The molecule has 2 saturated carbocycles. The molecular formula is C15H25N5O. The minimum absolute atomic E-state index is 0.382. The molecule has 0 spiro atoms. The van der Waals surface area contributed by atoms with Crippen molar-refractivity contribution in [2.24, 2.45) is 23.6 Å². The third kappa shape index (κ3) is 3.11. The summed E-state index contributed by atoms with van der Waals surface area (Å²) in [5.41, 5.74) is 2.59. The lowest BCUT2D eigenvalue weighted by molar-refractivity contribution is 0.178. The van der Waals surface area contributed by atoms with Crippen molar-refractivity contribution in [3.8, 4) is 0 Å². The molecule has 1 aromatic rings. The second-order valence-corrected chi connectivity index (χ2v) is 6.40. The summed E-state index contributed by atoms with van der Waals surface area (Å²) in [4.78, 5) is 8.77. The molecule has 2 bridgehead atoms. The Morgan fingerprint density at radius 3 is 2.76 bits per heavy atom. The molecule has 6 nitrogen and oxygen atoms in total. The number of hydrazine groups is 1. The highest BCUT2D eigenvalue weighted by Crippen LogP contribution is 2.49. The monoisotopic (exact) mass is 291 g/mol. The molecule has 6 heteroatoms. The van der Waals surface area contributed by atoms with Crippen LogP contribution in [-0.2, 0) is 11.3 Å². The Labute approximate surface area is 125 Å². The van der Waals surface area contributed by atoms with E-state index in [9.17, 15) is 0 Å². The maximum Gasteiger partial charge on any atom is 0.158 e. The number of nitrogens with one attached hydrogen (secondary N) is 2. The third-order valence-corrected chi connectivity index (χ3v) is 5.00. The SMILES string of the molecule is COCc1nc(NN)cc(NC(C)C2CC3CCC2C3)n1. The van der Waals surface area contributed by atoms with Gasteiger partial charge in [-0.05, 0) is 43.9 Å². The minimum atomic E-state index is 0.382. The van der Waals surface area contributed by atoms with Crippen LogP contribution in [0.25, 0.3) is 0 Å². The summed E-state index contributed by atoms with van der Waals surface area (Å²) in [5, 5.41) is 3.54. The molecule has 3 rings (SSSR count). The molecule has 4 atom stereocenters. The van der Waals surface area contributed by atoms with E-state index in [4.69, 9.17) is 10.6 Å². The van der Waals surface area contributed by atoms with Crippen LogP contribution < -0.4 is 16.6 Å². The van der Waals surface area contributed by atoms with Crippen molar-refractivity contribution in [3.05, 3.63) is 11.9 Å². The average Bonchev–Trinajstić information content (AvgIpc) is 3.10. The predicted octanol–water partition coefficient (Wildman–Crippen LogP) is 2.15. The van der Waals surface area contributed by atoms with E-state index in [0.29, 0.717) is 24.3 Å². The van der Waals surface area contributed by atoms with E-state index in [1.807, 2.05) is 6.07 Å². The number of aromatic nitrogens is 2. The van der Waals surface area contributed by atoms with Gasteiger partial charge in [0, 0.05) is 19.2 Å². The summed E-state index contributed by atoms with van der Waals surface area (Å²) in [6, 6.07) is 2.28. The Balaban J connectivity index is 1.70. The number of rotatable bonds is 6. The van der Waals surface area contributed by atoms with E-state index in [0.717, 1.165) is 23.6 Å². The summed E-state index contributed by atoms with van der Waals surface area (Å²) in [5.74, 6) is 10.2. The van der Waals surface area contributed by atoms with Crippen molar-refractivity contribution in [2.75, 3.05) is 17.9 Å². The van der Waals surface area contributed by atoms with Gasteiger partial charge >= 0.3 is 0 Å². The second-order valence-electron chi connectivity index (χ2n) is 6.40. The minimum Gasteiger partial charge on any atom is -0.377 e. The lowest BCUT2D eigenvalue weighted by Gasteiger charge is -2.29. The number of methoxy groups -OCH3 is 1. The number of nitrogens with two attached hydrogens (primary N) is 1. The Kier molecular flexibility index (Phi) is 4.26. The number of nitrogen functional groups attached to an aromatic ring is 1. The highest BCUT2D eigenvalue weighted by molar-refractivity contribution is 5.47. The van der Waals surface area contributed by atoms with Gasteiger partial charge in [-0.3, -0.25) is 0 Å². The highest BCUT2D eigenvalue weighted by Gasteiger charge is 2.41. The number of hydrogen-bond acceptors (Lipinski definition) is 6. The molecule has 2 aliphatic rings. The van der Waals surface area contributed by atoms with Gasteiger partial charge in [-0.15, -0.1) is 0 Å². The summed E-state index contributed by atoms with van der Waals surface area (Å²) in [7, 11) is 1.64. The van der Waals surface area contributed by atoms with E-state index < -0.39 is 0 Å². The maximum absolute atomic E-state index is 5.48. The van der Waals surface area contributed by atoms with Gasteiger partial charge in [0.25, 0.3) is 0 Å². The number of anilines is 2. The molecule has 4 N–H and O–H groups in total. The van der Waals surface area contributed by atoms with Gasteiger partial charge < -0.3 is 15.5 Å². The van der Waals surface area contributed by atoms with Crippen LogP contribution in [0.1, 0.15) is 38.4 Å². The lowest BCUT2D eigenvalue weighted by Crippen LogP contribution is -2.30. The zero-order chi connectivity index (χ0) is 14.8. The molecule has 116 valence electrons. The van der Waals surface area contributed by atoms with Crippen molar-refractivity contribution in [1.82, 2.24) is 9.97 Å². The van der Waals surface area contributed by atoms with Gasteiger partial charge in [0.2, 0.25) is 0 Å². The molecule has 0 saturated heterocycles. The van der Waals surface area contributed by atoms with E-state index in [1.54, 1.807) is 7.11 Å². The molecule has 0 amide bonds. The first kappa shape index (κ1) is 14.5. The van der Waals surface area contributed by atoms with Crippen molar-refractivity contribution in [1.29, 1.82) is 0 Å². The molecular weight excluding hydrogens is 266 g/mol. The molecule has 4 unspecified atom stereocenters. The zero-order valence-corrected chi connectivity index (χ0v) is 12.8. The summed E-state index contributed by atoms with van der Waals surface area (Å²) >= 11 is 0. The first-order chi connectivity index (χ1) is 10.2. The topological polar surface area (TPSA) is 85.1 Å². The summed E-state index contributed by atoms with van der Waals surface area (Å²) in [6.07, 6.45) is 5.61. The molecule has 0 aliphatic heterocycles. The highest BCUT2D eigenvalue weighted by atomic mass is 16.5. The van der Waals surface area contributed by atoms with Crippen LogP contribution in [0.5, 0.6) is 0 Å². The van der Waals surface area contributed by atoms with Gasteiger partial charge in [-0.25, -0.2) is 15.8 Å². The molecule has 21 heavy (non-hydrogen) atoms. The Morgan fingerprint density at radius 1 is 1.33 bits per heavy atom. The van der Waals surface area contributed by atoms with E-state index in [1.165, 1.54) is 25.7 Å². The van der Waals surface area contributed by atoms with Crippen molar-refractivity contribution in [3.63, 3.8) is 0 Å². The van der Waals surface area contributed by atoms with Gasteiger partial charge in [-0.2, -0.15) is 0 Å². The number of fused-ring (bicyclic) bond motifs is 2. The van der Waals surface area contributed by atoms with Crippen LogP contribution in [-0.4, -0.2) is 23.1 Å². The van der Waals surface area contributed by atoms with E-state index >= 15 is 0 Å². The second kappa shape index (κ2) is 6.15. The molecule has 2 fully saturated rings. The standard InChI is InChI=1S/C15H25N5O/c1-9(12-6-10-3-4-11(12)5-10)17-13-7-14(20-16)19-15(18-13)8-21-2/h7,9-12H,3-6,8,16H2,1-2H3,(H2,17,18,19,20). The first-order valence-corrected chi connectivity index (χ1v) is 7.79. The average molecular weight is 291 g/mol. The van der Waals surface area contributed by atoms with Gasteiger partial charge in [0.15, 0.2) is 5.82 Å². The molecule has 1 heterocycles. The van der Waals surface area contributed by atoms with Crippen LogP contribution in [0.4, 0.5) is 11.6 Å². The van der Waals surface area contributed by atoms with E-state index in [2.05, 4.69) is 27.6 Å². The van der Waals surface area contributed by atoms with Gasteiger partial charge in [0.05, 0.1) is 0 Å². The van der Waals surface area contributed by atoms with Crippen LogP contribution >= 0.6 is 0 Å². The van der Waals surface area contributed by atoms with Crippen LogP contribution in [0.3, 0.4) is 0 Å². The maximum atomic E-state index is 5.48. The molecule has 2 aliphatic carbocycles. The van der Waals surface area contributed by atoms with Crippen LogP contribution in [0.2, 0.25) is 0 Å². The van der Waals surface area contributed by atoms with Crippen molar-refractivity contribution >= 4 is 11.6 Å². The fourth-order valence-electron chi connectivity index (χ4n) is 4.09. The third-order valence-electron chi connectivity index (χ3n) is 5.00. The Bertz CT molecular complexity index is 495. The van der Waals surface area contributed by atoms with Crippen LogP contribution in [0.15, 0.2) is 6.07 Å². The Morgan fingerprint density at radius 2 is 2.14 bits per heavy atom. The smallest absolute Gasteiger partial charge is 0.158 e. The predicted molar refractivity (Wildman–Crippen MR) is 82.6 cm³/mol. The number of nitrogens with zero attached hydrogens (tertiary/aromatic N) is 2.